The summed E-state index contributed by atoms with van der Waals surface area (Å²) < 4.78 is 5.47. The Kier molecular flexibility index (Phi) is 5.03. The number of nitro groups is 1. The molecule has 2 rings (SSSR count). The molecular weight excluding hydrogens is 282 g/mol. The maximum atomic E-state index is 12.2. The molecule has 112 valence electrons. The standard InChI is InChI=1S/C17H15NO4/c1-2-6-16(13-7-4-3-5-8-13)22-17(19)14-9-11-15(12-10-14)18(20)21/h2-12,16H,1H3/b6-2+. The average molecular weight is 297 g/mol. The topological polar surface area (TPSA) is 69.4 Å². The minimum atomic E-state index is -0.526. The predicted octanol–water partition coefficient (Wildman–Crippen LogP) is 4.07. The van der Waals surface area contributed by atoms with Crippen LogP contribution in [0.25, 0.3) is 0 Å². The van der Waals surface area contributed by atoms with E-state index in [1.165, 1.54) is 24.3 Å². The molecule has 0 aliphatic heterocycles. The smallest absolute Gasteiger partial charge is 0.339 e. The number of rotatable bonds is 5. The Balaban J connectivity index is 2.16. The summed E-state index contributed by atoms with van der Waals surface area (Å²) in [4.78, 5) is 22.3. The number of ether oxygens (including phenoxy) is 1. The van der Waals surface area contributed by atoms with Crippen LogP contribution in [0.5, 0.6) is 0 Å². The molecule has 2 aromatic carbocycles. The van der Waals surface area contributed by atoms with Crippen molar-refractivity contribution in [2.75, 3.05) is 0 Å². The third-order valence-electron chi connectivity index (χ3n) is 3.04. The van der Waals surface area contributed by atoms with Crippen molar-refractivity contribution in [3.8, 4) is 0 Å². The second-order valence-corrected chi connectivity index (χ2v) is 4.57. The number of hydrogen-bond acceptors (Lipinski definition) is 4. The summed E-state index contributed by atoms with van der Waals surface area (Å²) in [5, 5.41) is 10.6. The van der Waals surface area contributed by atoms with Gasteiger partial charge < -0.3 is 4.74 Å². The number of esters is 1. The van der Waals surface area contributed by atoms with Crippen LogP contribution in [-0.2, 0) is 4.74 Å². The number of non-ortho nitro benzene ring substituents is 1. The van der Waals surface area contributed by atoms with Crippen molar-refractivity contribution in [3.05, 3.63) is 88.0 Å². The molecule has 5 nitrogen and oxygen atoms in total. The Hall–Kier alpha value is -2.95. The van der Waals surface area contributed by atoms with Gasteiger partial charge in [0.2, 0.25) is 0 Å². The van der Waals surface area contributed by atoms with Crippen molar-refractivity contribution in [1.82, 2.24) is 0 Å². The number of allylic oxidation sites excluding steroid dienone is 1. The molecule has 0 aromatic heterocycles. The molecule has 0 N–H and O–H groups in total. The van der Waals surface area contributed by atoms with Gasteiger partial charge in [-0.25, -0.2) is 4.79 Å². The Morgan fingerprint density at radius 3 is 2.32 bits per heavy atom. The van der Waals surface area contributed by atoms with Crippen LogP contribution in [0, 0.1) is 10.1 Å². The van der Waals surface area contributed by atoms with Gasteiger partial charge in [-0.1, -0.05) is 36.4 Å². The molecule has 1 atom stereocenters. The van der Waals surface area contributed by atoms with E-state index in [1.54, 1.807) is 12.2 Å². The molecule has 0 amide bonds. The van der Waals surface area contributed by atoms with E-state index in [0.717, 1.165) is 5.56 Å². The van der Waals surface area contributed by atoms with Gasteiger partial charge >= 0.3 is 5.97 Å². The largest absolute Gasteiger partial charge is 0.450 e. The van der Waals surface area contributed by atoms with Crippen LogP contribution in [0.1, 0.15) is 28.9 Å². The van der Waals surface area contributed by atoms with Crippen molar-refractivity contribution >= 4 is 11.7 Å². The molecule has 0 saturated carbocycles. The third-order valence-corrected chi connectivity index (χ3v) is 3.04. The summed E-state index contributed by atoms with van der Waals surface area (Å²) in [5.74, 6) is -0.526. The van der Waals surface area contributed by atoms with E-state index >= 15 is 0 Å². The van der Waals surface area contributed by atoms with Crippen molar-refractivity contribution in [2.24, 2.45) is 0 Å². The zero-order valence-electron chi connectivity index (χ0n) is 12.0. The first-order valence-electron chi connectivity index (χ1n) is 6.75. The average Bonchev–Trinajstić information content (AvgIpc) is 2.55. The Labute approximate surface area is 128 Å². The molecule has 0 fully saturated rings. The van der Waals surface area contributed by atoms with E-state index in [1.807, 2.05) is 37.3 Å². The van der Waals surface area contributed by atoms with E-state index in [2.05, 4.69) is 0 Å². The molecule has 0 aliphatic rings. The van der Waals surface area contributed by atoms with E-state index in [0.29, 0.717) is 0 Å². The van der Waals surface area contributed by atoms with Gasteiger partial charge in [0, 0.05) is 12.1 Å². The minimum absolute atomic E-state index is 0.0652. The van der Waals surface area contributed by atoms with Gasteiger partial charge in [0.15, 0.2) is 0 Å². The monoisotopic (exact) mass is 297 g/mol. The van der Waals surface area contributed by atoms with Gasteiger partial charge in [0.1, 0.15) is 6.10 Å². The van der Waals surface area contributed by atoms with Gasteiger partial charge in [0.25, 0.3) is 5.69 Å². The highest BCUT2D eigenvalue weighted by Crippen LogP contribution is 2.21. The second-order valence-electron chi connectivity index (χ2n) is 4.57. The molecule has 5 heteroatoms. The summed E-state index contributed by atoms with van der Waals surface area (Å²) in [6.07, 6.45) is 3.09. The number of nitrogens with zero attached hydrogens (tertiary/aromatic N) is 1. The zero-order chi connectivity index (χ0) is 15.9. The quantitative estimate of drug-likeness (QED) is 0.361. The van der Waals surface area contributed by atoms with E-state index in [4.69, 9.17) is 4.74 Å². The molecular formula is C17H15NO4. The number of carbonyl (C=O) groups is 1. The van der Waals surface area contributed by atoms with Crippen LogP contribution >= 0.6 is 0 Å². The summed E-state index contributed by atoms with van der Waals surface area (Å²) in [6.45, 7) is 1.84. The highest BCUT2D eigenvalue weighted by atomic mass is 16.6. The van der Waals surface area contributed by atoms with Crippen molar-refractivity contribution in [1.29, 1.82) is 0 Å². The first kappa shape index (κ1) is 15.4. The van der Waals surface area contributed by atoms with Gasteiger partial charge in [-0.3, -0.25) is 10.1 Å². The number of benzene rings is 2. The molecule has 0 heterocycles. The predicted molar refractivity (Wildman–Crippen MR) is 82.5 cm³/mol. The minimum Gasteiger partial charge on any atom is -0.450 e. The molecule has 22 heavy (non-hydrogen) atoms. The lowest BCUT2D eigenvalue weighted by Gasteiger charge is -2.14. The number of nitro benzene ring substituents is 1. The molecule has 2 aromatic rings. The number of carbonyl (C=O) groups excluding carboxylic acids is 1. The van der Waals surface area contributed by atoms with E-state index in [9.17, 15) is 14.9 Å². The van der Waals surface area contributed by atoms with E-state index in [-0.39, 0.29) is 11.3 Å². The first-order chi connectivity index (χ1) is 10.6. The van der Waals surface area contributed by atoms with Gasteiger partial charge in [-0.2, -0.15) is 0 Å². The Morgan fingerprint density at radius 1 is 1.14 bits per heavy atom. The van der Waals surface area contributed by atoms with Crippen LogP contribution in [0.3, 0.4) is 0 Å². The second kappa shape index (κ2) is 7.17. The summed E-state index contributed by atoms with van der Waals surface area (Å²) in [6, 6.07) is 14.7. The van der Waals surface area contributed by atoms with Crippen LogP contribution < -0.4 is 0 Å². The molecule has 0 aliphatic carbocycles. The lowest BCUT2D eigenvalue weighted by Crippen LogP contribution is -2.10. The lowest BCUT2D eigenvalue weighted by molar-refractivity contribution is -0.384. The van der Waals surface area contributed by atoms with Gasteiger partial charge in [-0.15, -0.1) is 0 Å². The van der Waals surface area contributed by atoms with Crippen LogP contribution in [0.4, 0.5) is 5.69 Å². The Morgan fingerprint density at radius 2 is 1.77 bits per heavy atom. The SMILES string of the molecule is C/C=C/C(OC(=O)c1ccc([N+](=O)[O-])cc1)c1ccccc1. The fraction of sp³-hybridized carbons (Fsp3) is 0.118. The molecule has 0 radical (unpaired) electrons. The summed E-state index contributed by atoms with van der Waals surface area (Å²) in [7, 11) is 0. The molecule has 0 bridgehead atoms. The highest BCUT2D eigenvalue weighted by molar-refractivity contribution is 5.89. The third kappa shape index (κ3) is 3.79. The molecule has 1 unspecified atom stereocenters. The zero-order valence-corrected chi connectivity index (χ0v) is 12.0. The fourth-order valence-corrected chi connectivity index (χ4v) is 1.94. The van der Waals surface area contributed by atoms with Crippen molar-refractivity contribution < 1.29 is 14.5 Å². The van der Waals surface area contributed by atoms with E-state index < -0.39 is 17.0 Å². The van der Waals surface area contributed by atoms with Gasteiger partial charge in [-0.05, 0) is 30.7 Å². The maximum absolute atomic E-state index is 12.2. The fourth-order valence-electron chi connectivity index (χ4n) is 1.94. The normalized spacial score (nSPS) is 12.0. The lowest BCUT2D eigenvalue weighted by atomic mass is 10.1. The van der Waals surface area contributed by atoms with Crippen LogP contribution in [0.15, 0.2) is 66.7 Å². The van der Waals surface area contributed by atoms with Crippen LogP contribution in [-0.4, -0.2) is 10.9 Å². The number of hydrogen-bond donors (Lipinski definition) is 0. The Bertz CT molecular complexity index is 678. The molecule has 0 spiro atoms. The molecule has 0 saturated heterocycles. The maximum Gasteiger partial charge on any atom is 0.339 e. The van der Waals surface area contributed by atoms with Crippen molar-refractivity contribution in [2.45, 2.75) is 13.0 Å². The van der Waals surface area contributed by atoms with Gasteiger partial charge in [0.05, 0.1) is 10.5 Å². The highest BCUT2D eigenvalue weighted by Gasteiger charge is 2.16. The first-order valence-corrected chi connectivity index (χ1v) is 6.75. The van der Waals surface area contributed by atoms with Crippen LogP contribution in [0.2, 0.25) is 0 Å². The summed E-state index contributed by atoms with van der Waals surface area (Å²) >= 11 is 0. The summed E-state index contributed by atoms with van der Waals surface area (Å²) in [5.41, 5.74) is 1.07. The van der Waals surface area contributed by atoms with Crippen molar-refractivity contribution in [3.63, 3.8) is 0 Å².